The maximum absolute atomic E-state index is 12.2. The van der Waals surface area contributed by atoms with Gasteiger partial charge in [-0.25, -0.2) is 0 Å². The molecule has 4 heteroatoms. The third-order valence-electron chi connectivity index (χ3n) is 4.12. The maximum atomic E-state index is 12.2. The van der Waals surface area contributed by atoms with Crippen molar-refractivity contribution < 1.29 is 9.21 Å². The van der Waals surface area contributed by atoms with Gasteiger partial charge in [0.15, 0.2) is 0 Å². The van der Waals surface area contributed by atoms with E-state index in [1.165, 1.54) is 6.42 Å². The molecule has 0 bridgehead atoms. The lowest BCUT2D eigenvalue weighted by Gasteiger charge is -2.31. The second-order valence-electron chi connectivity index (χ2n) is 6.06. The van der Waals surface area contributed by atoms with Gasteiger partial charge in [-0.1, -0.05) is 6.92 Å². The van der Waals surface area contributed by atoms with E-state index in [2.05, 4.69) is 19.2 Å². The minimum atomic E-state index is 0.138. The van der Waals surface area contributed by atoms with Crippen molar-refractivity contribution in [1.82, 2.24) is 10.2 Å². The lowest BCUT2D eigenvalue weighted by molar-refractivity contribution is -0.132. The van der Waals surface area contributed by atoms with Crippen LogP contribution in [0.15, 0.2) is 10.5 Å². The predicted molar refractivity (Wildman–Crippen MR) is 79.6 cm³/mol. The molecule has 0 unspecified atom stereocenters. The van der Waals surface area contributed by atoms with Crippen LogP contribution in [0, 0.1) is 19.8 Å². The number of hydrogen-bond donors (Lipinski definition) is 1. The first-order valence-corrected chi connectivity index (χ1v) is 7.55. The summed E-state index contributed by atoms with van der Waals surface area (Å²) in [6, 6.07) is 2.18. The van der Waals surface area contributed by atoms with Crippen molar-refractivity contribution in [2.75, 3.05) is 19.6 Å². The van der Waals surface area contributed by atoms with Gasteiger partial charge in [0.2, 0.25) is 5.91 Å². The molecule has 1 aliphatic rings. The number of amides is 1. The Morgan fingerprint density at radius 3 is 2.90 bits per heavy atom. The van der Waals surface area contributed by atoms with Gasteiger partial charge >= 0.3 is 0 Å². The van der Waals surface area contributed by atoms with Crippen LogP contribution in [0.4, 0.5) is 0 Å². The molecule has 1 aromatic heterocycles. The Morgan fingerprint density at radius 2 is 2.30 bits per heavy atom. The van der Waals surface area contributed by atoms with Crippen LogP contribution in [0.1, 0.15) is 49.8 Å². The van der Waals surface area contributed by atoms with Gasteiger partial charge in [-0.2, -0.15) is 0 Å². The summed E-state index contributed by atoms with van der Waals surface area (Å²) in [4.78, 5) is 14.2. The molecule has 2 heterocycles. The van der Waals surface area contributed by atoms with Crippen molar-refractivity contribution in [2.45, 2.75) is 46.6 Å². The molecule has 0 radical (unpaired) electrons. The van der Waals surface area contributed by atoms with Gasteiger partial charge in [0.1, 0.15) is 11.5 Å². The van der Waals surface area contributed by atoms with Gasteiger partial charge in [0, 0.05) is 24.7 Å². The molecule has 0 aliphatic carbocycles. The average molecular weight is 278 g/mol. The Kier molecular flexibility index (Phi) is 4.86. The summed E-state index contributed by atoms with van der Waals surface area (Å²) in [5, 5.41) is 3.31. The molecular weight excluding hydrogens is 252 g/mol. The molecule has 2 rings (SSSR count). The van der Waals surface area contributed by atoms with E-state index < -0.39 is 0 Å². The minimum absolute atomic E-state index is 0.138. The van der Waals surface area contributed by atoms with Crippen molar-refractivity contribution in [1.29, 1.82) is 0 Å². The zero-order valence-electron chi connectivity index (χ0n) is 13.0. The molecule has 4 nitrogen and oxygen atoms in total. The van der Waals surface area contributed by atoms with Crippen molar-refractivity contribution in [2.24, 2.45) is 5.92 Å². The number of hydrogen-bond acceptors (Lipinski definition) is 3. The summed E-state index contributed by atoms with van der Waals surface area (Å²) < 4.78 is 5.54. The van der Waals surface area contributed by atoms with Crippen LogP contribution in [-0.2, 0) is 4.79 Å². The molecule has 1 aliphatic heterocycles. The SMILES string of the molecule is Cc1cc([C@H](C)NCC(=O)N2CCC[C@H](C)C2)c(C)o1. The highest BCUT2D eigenvalue weighted by Gasteiger charge is 2.21. The summed E-state index contributed by atoms with van der Waals surface area (Å²) in [6.07, 6.45) is 2.36. The van der Waals surface area contributed by atoms with Crippen LogP contribution < -0.4 is 5.32 Å². The number of carbonyl (C=O) groups is 1. The normalized spacial score (nSPS) is 21.0. The van der Waals surface area contributed by atoms with E-state index in [0.717, 1.165) is 36.6 Å². The molecule has 1 N–H and O–H groups in total. The average Bonchev–Trinajstić information content (AvgIpc) is 2.74. The zero-order chi connectivity index (χ0) is 14.7. The Morgan fingerprint density at radius 1 is 1.55 bits per heavy atom. The van der Waals surface area contributed by atoms with Crippen molar-refractivity contribution in [3.05, 3.63) is 23.2 Å². The first-order chi connectivity index (χ1) is 9.47. The highest BCUT2D eigenvalue weighted by molar-refractivity contribution is 5.78. The number of rotatable bonds is 4. The van der Waals surface area contributed by atoms with Crippen molar-refractivity contribution in [3.8, 4) is 0 Å². The van der Waals surface area contributed by atoms with Gasteiger partial charge in [0.25, 0.3) is 0 Å². The van der Waals surface area contributed by atoms with Gasteiger partial charge < -0.3 is 14.6 Å². The second kappa shape index (κ2) is 6.44. The highest BCUT2D eigenvalue weighted by Crippen LogP contribution is 2.21. The molecule has 1 amide bonds. The molecule has 0 aromatic carbocycles. The van der Waals surface area contributed by atoms with Crippen LogP contribution in [0.5, 0.6) is 0 Å². The molecule has 0 spiro atoms. The molecule has 20 heavy (non-hydrogen) atoms. The Bertz CT molecular complexity index is 467. The fourth-order valence-electron chi connectivity index (χ4n) is 2.96. The van der Waals surface area contributed by atoms with Gasteiger partial charge in [-0.05, 0) is 45.6 Å². The second-order valence-corrected chi connectivity index (χ2v) is 6.06. The summed E-state index contributed by atoms with van der Waals surface area (Å²) in [7, 11) is 0. The summed E-state index contributed by atoms with van der Waals surface area (Å²) in [5.74, 6) is 2.69. The van der Waals surface area contributed by atoms with Crippen LogP contribution in [0.25, 0.3) is 0 Å². The van der Waals surface area contributed by atoms with E-state index in [0.29, 0.717) is 12.5 Å². The fourth-order valence-corrected chi connectivity index (χ4v) is 2.96. The number of furan rings is 1. The van der Waals surface area contributed by atoms with Crippen LogP contribution >= 0.6 is 0 Å². The number of nitrogens with one attached hydrogen (secondary N) is 1. The van der Waals surface area contributed by atoms with Crippen LogP contribution in [-0.4, -0.2) is 30.4 Å². The standard InChI is InChI=1S/C16H26N2O2/c1-11-6-5-7-18(10-11)16(19)9-17-13(3)15-8-12(2)20-14(15)4/h8,11,13,17H,5-7,9-10H2,1-4H3/t11-,13-/m0/s1. The number of piperidine rings is 1. The number of carbonyl (C=O) groups excluding carboxylic acids is 1. The van der Waals surface area contributed by atoms with E-state index >= 15 is 0 Å². The molecule has 2 atom stereocenters. The number of nitrogens with zero attached hydrogens (tertiary/aromatic N) is 1. The topological polar surface area (TPSA) is 45.5 Å². The van der Waals surface area contributed by atoms with Gasteiger partial charge in [0.05, 0.1) is 6.54 Å². The summed E-state index contributed by atoms with van der Waals surface area (Å²) in [6.45, 7) is 10.4. The Hall–Kier alpha value is -1.29. The lowest BCUT2D eigenvalue weighted by atomic mass is 10.0. The number of likely N-dealkylation sites (tertiary alicyclic amines) is 1. The van der Waals surface area contributed by atoms with Crippen molar-refractivity contribution >= 4 is 5.91 Å². The summed E-state index contributed by atoms with van der Waals surface area (Å²) in [5.41, 5.74) is 1.14. The molecular formula is C16H26N2O2. The molecule has 0 saturated carbocycles. The van der Waals surface area contributed by atoms with Gasteiger partial charge in [-0.15, -0.1) is 0 Å². The van der Waals surface area contributed by atoms with Crippen LogP contribution in [0.3, 0.4) is 0 Å². The van der Waals surface area contributed by atoms with E-state index in [1.54, 1.807) is 0 Å². The van der Waals surface area contributed by atoms with Crippen molar-refractivity contribution in [3.63, 3.8) is 0 Å². The maximum Gasteiger partial charge on any atom is 0.236 e. The zero-order valence-corrected chi connectivity index (χ0v) is 13.0. The fraction of sp³-hybridized carbons (Fsp3) is 0.688. The Labute approximate surface area is 121 Å². The third-order valence-corrected chi connectivity index (χ3v) is 4.12. The molecule has 112 valence electrons. The Balaban J connectivity index is 1.85. The minimum Gasteiger partial charge on any atom is -0.466 e. The smallest absolute Gasteiger partial charge is 0.236 e. The number of aryl methyl sites for hydroxylation is 2. The monoisotopic (exact) mass is 278 g/mol. The highest BCUT2D eigenvalue weighted by atomic mass is 16.3. The molecule has 1 aromatic rings. The molecule has 1 fully saturated rings. The summed E-state index contributed by atoms with van der Waals surface area (Å²) >= 11 is 0. The first kappa shape index (κ1) is 15.1. The largest absolute Gasteiger partial charge is 0.466 e. The first-order valence-electron chi connectivity index (χ1n) is 7.55. The predicted octanol–water partition coefficient (Wildman–Crippen LogP) is 2.81. The van der Waals surface area contributed by atoms with Crippen LogP contribution in [0.2, 0.25) is 0 Å². The van der Waals surface area contributed by atoms with E-state index in [9.17, 15) is 4.79 Å². The lowest BCUT2D eigenvalue weighted by Crippen LogP contribution is -2.43. The van der Waals surface area contributed by atoms with E-state index in [4.69, 9.17) is 4.42 Å². The van der Waals surface area contributed by atoms with E-state index in [1.807, 2.05) is 24.8 Å². The quantitative estimate of drug-likeness (QED) is 0.921. The third kappa shape index (κ3) is 3.63. The van der Waals surface area contributed by atoms with Gasteiger partial charge in [-0.3, -0.25) is 4.79 Å². The van der Waals surface area contributed by atoms with E-state index in [-0.39, 0.29) is 11.9 Å². The molecule has 1 saturated heterocycles.